The average Bonchev–Trinajstić information content (AvgIpc) is 3.24. The van der Waals surface area contributed by atoms with Gasteiger partial charge in [0.1, 0.15) is 11.5 Å². The van der Waals surface area contributed by atoms with Gasteiger partial charge in [0.2, 0.25) is 0 Å². The summed E-state index contributed by atoms with van der Waals surface area (Å²) >= 11 is 0. The minimum absolute atomic E-state index is 0.381. The summed E-state index contributed by atoms with van der Waals surface area (Å²) in [7, 11) is 3.02. The number of hydrogen-bond acceptors (Lipinski definition) is 7. The van der Waals surface area contributed by atoms with E-state index >= 15 is 0 Å². The Balaban J connectivity index is 1.71. The first kappa shape index (κ1) is 18.0. The van der Waals surface area contributed by atoms with Gasteiger partial charge in [-0.1, -0.05) is 11.3 Å². The van der Waals surface area contributed by atoms with Gasteiger partial charge in [0, 0.05) is 18.2 Å². The molecule has 0 aliphatic carbocycles. The fourth-order valence-electron chi connectivity index (χ4n) is 3.42. The lowest BCUT2D eigenvalue weighted by atomic mass is 10.1. The van der Waals surface area contributed by atoms with Crippen molar-refractivity contribution in [3.05, 3.63) is 47.5 Å². The molecule has 2 amide bonds. The first-order valence-corrected chi connectivity index (χ1v) is 8.82. The highest BCUT2D eigenvalue weighted by molar-refractivity contribution is 6.26. The summed E-state index contributed by atoms with van der Waals surface area (Å²) in [4.78, 5) is 27.3. The number of nitrogens with zero attached hydrogens (tertiary/aromatic N) is 4. The zero-order valence-electron chi connectivity index (χ0n) is 16.0. The second-order valence-electron chi connectivity index (χ2n) is 6.79. The minimum atomic E-state index is -0.869. The van der Waals surface area contributed by atoms with Gasteiger partial charge >= 0.3 is 0 Å². The SMILES string of the molecule is COc1cc(OC)cc(N2C(=O)[C@H]3N=NN(c4ccc(C)c(C)c4)[C@H]3C2=O)c1. The smallest absolute Gasteiger partial charge is 0.263 e. The summed E-state index contributed by atoms with van der Waals surface area (Å²) in [5, 5.41) is 9.70. The number of methoxy groups -OCH3 is 2. The Morgan fingerprint density at radius 2 is 1.54 bits per heavy atom. The van der Waals surface area contributed by atoms with Crippen LogP contribution in [0.1, 0.15) is 11.1 Å². The highest BCUT2D eigenvalue weighted by Gasteiger charge is 2.55. The maximum Gasteiger partial charge on any atom is 0.263 e. The van der Waals surface area contributed by atoms with E-state index in [1.54, 1.807) is 18.2 Å². The molecule has 0 radical (unpaired) electrons. The predicted molar refractivity (Wildman–Crippen MR) is 103 cm³/mol. The van der Waals surface area contributed by atoms with E-state index in [2.05, 4.69) is 10.3 Å². The van der Waals surface area contributed by atoms with E-state index in [-0.39, 0.29) is 5.91 Å². The average molecular weight is 380 g/mol. The Morgan fingerprint density at radius 3 is 2.14 bits per heavy atom. The molecular weight excluding hydrogens is 360 g/mol. The van der Waals surface area contributed by atoms with Gasteiger partial charge in [0.25, 0.3) is 11.8 Å². The molecule has 1 fully saturated rings. The summed E-state index contributed by atoms with van der Waals surface area (Å²) < 4.78 is 10.5. The third-order valence-corrected chi connectivity index (χ3v) is 5.13. The van der Waals surface area contributed by atoms with Crippen molar-refractivity contribution in [3.63, 3.8) is 0 Å². The second kappa shape index (κ2) is 6.63. The largest absolute Gasteiger partial charge is 0.497 e. The van der Waals surface area contributed by atoms with E-state index in [1.807, 2.05) is 32.0 Å². The second-order valence-corrected chi connectivity index (χ2v) is 6.79. The number of rotatable bonds is 4. The zero-order valence-corrected chi connectivity index (χ0v) is 16.0. The molecule has 2 aliphatic rings. The van der Waals surface area contributed by atoms with Gasteiger partial charge in [-0.3, -0.25) is 9.59 Å². The molecule has 0 spiro atoms. The molecule has 28 heavy (non-hydrogen) atoms. The van der Waals surface area contributed by atoms with Crippen molar-refractivity contribution in [2.24, 2.45) is 10.3 Å². The van der Waals surface area contributed by atoms with Crippen molar-refractivity contribution in [1.29, 1.82) is 0 Å². The van der Waals surface area contributed by atoms with Crippen molar-refractivity contribution >= 4 is 23.2 Å². The number of imide groups is 1. The Labute approximate surface area is 162 Å². The molecule has 0 unspecified atom stereocenters. The standard InChI is InChI=1S/C20H20N4O4/c1-11-5-6-13(7-12(11)2)24-18-17(21-22-24)19(25)23(20(18)26)14-8-15(27-3)10-16(9-14)28-4/h5-10,17-18H,1-4H3/t17-,18+/m0/s1. The van der Waals surface area contributed by atoms with Gasteiger partial charge in [-0.15, -0.1) is 0 Å². The molecule has 2 heterocycles. The van der Waals surface area contributed by atoms with E-state index in [0.29, 0.717) is 17.2 Å². The van der Waals surface area contributed by atoms with E-state index in [0.717, 1.165) is 21.7 Å². The third kappa shape index (κ3) is 2.69. The summed E-state index contributed by atoms with van der Waals surface area (Å²) in [5.41, 5.74) is 3.32. The fraction of sp³-hybridized carbons (Fsp3) is 0.300. The molecule has 1 saturated heterocycles. The molecule has 4 rings (SSSR count). The predicted octanol–water partition coefficient (Wildman–Crippen LogP) is 2.82. The molecule has 2 aromatic carbocycles. The van der Waals surface area contributed by atoms with Gasteiger partial charge in [-0.05, 0) is 37.1 Å². The summed E-state index contributed by atoms with van der Waals surface area (Å²) in [6.45, 7) is 4.00. The number of benzene rings is 2. The molecule has 0 N–H and O–H groups in total. The van der Waals surface area contributed by atoms with Crippen molar-refractivity contribution in [1.82, 2.24) is 0 Å². The lowest BCUT2D eigenvalue weighted by molar-refractivity contribution is -0.121. The number of carbonyl (C=O) groups excluding carboxylic acids is 2. The normalized spacial score (nSPS) is 20.7. The van der Waals surface area contributed by atoms with Crippen LogP contribution in [0.3, 0.4) is 0 Å². The van der Waals surface area contributed by atoms with Gasteiger partial charge in [0.05, 0.1) is 25.6 Å². The maximum absolute atomic E-state index is 13.2. The number of ether oxygens (including phenoxy) is 2. The van der Waals surface area contributed by atoms with Crippen molar-refractivity contribution in [2.75, 3.05) is 24.1 Å². The molecule has 2 aromatic rings. The quantitative estimate of drug-likeness (QED) is 0.762. The van der Waals surface area contributed by atoms with Crippen LogP contribution in [0.4, 0.5) is 11.4 Å². The molecule has 2 aliphatic heterocycles. The molecule has 144 valence electrons. The Kier molecular flexibility index (Phi) is 4.26. The number of hydrogen-bond donors (Lipinski definition) is 0. The van der Waals surface area contributed by atoms with Gasteiger partial charge < -0.3 is 9.47 Å². The summed E-state index contributed by atoms with van der Waals surface area (Å²) in [5.74, 6) is 0.174. The monoisotopic (exact) mass is 380 g/mol. The van der Waals surface area contributed by atoms with Crippen LogP contribution in [-0.2, 0) is 9.59 Å². The molecule has 0 bridgehead atoms. The molecule has 8 nitrogen and oxygen atoms in total. The van der Waals surface area contributed by atoms with Crippen molar-refractivity contribution in [3.8, 4) is 11.5 Å². The number of aryl methyl sites for hydroxylation is 2. The van der Waals surface area contributed by atoms with E-state index in [4.69, 9.17) is 9.47 Å². The van der Waals surface area contributed by atoms with Crippen LogP contribution in [0.5, 0.6) is 11.5 Å². The van der Waals surface area contributed by atoms with Crippen LogP contribution >= 0.6 is 0 Å². The molecule has 8 heteroatoms. The van der Waals surface area contributed by atoms with Gasteiger partial charge in [-0.25, -0.2) is 9.91 Å². The van der Waals surface area contributed by atoms with Gasteiger partial charge in [0.15, 0.2) is 12.1 Å². The first-order valence-electron chi connectivity index (χ1n) is 8.82. The van der Waals surface area contributed by atoms with Gasteiger partial charge in [-0.2, -0.15) is 5.11 Å². The van der Waals surface area contributed by atoms with Crippen LogP contribution in [0.15, 0.2) is 46.7 Å². The highest BCUT2D eigenvalue weighted by Crippen LogP contribution is 2.37. The first-order chi connectivity index (χ1) is 13.4. The number of fused-ring (bicyclic) bond motifs is 1. The van der Waals surface area contributed by atoms with Crippen LogP contribution in [-0.4, -0.2) is 38.1 Å². The van der Waals surface area contributed by atoms with Crippen LogP contribution in [0.2, 0.25) is 0 Å². The summed E-state index contributed by atoms with van der Waals surface area (Å²) in [6, 6.07) is 9.02. The Bertz CT molecular complexity index is 981. The fourth-order valence-corrected chi connectivity index (χ4v) is 3.42. The number of anilines is 2. The molecule has 0 aromatic heterocycles. The Morgan fingerprint density at radius 1 is 0.857 bits per heavy atom. The molecule has 2 atom stereocenters. The lowest BCUT2D eigenvalue weighted by Crippen LogP contribution is -2.40. The van der Waals surface area contributed by atoms with Crippen LogP contribution < -0.4 is 19.4 Å². The molecular formula is C20H20N4O4. The number of carbonyl (C=O) groups is 2. The summed E-state index contributed by atoms with van der Waals surface area (Å²) in [6.07, 6.45) is 0. The highest BCUT2D eigenvalue weighted by atomic mass is 16.5. The lowest BCUT2D eigenvalue weighted by Gasteiger charge is -2.21. The van der Waals surface area contributed by atoms with E-state index in [9.17, 15) is 9.59 Å². The van der Waals surface area contributed by atoms with E-state index in [1.165, 1.54) is 19.2 Å². The topological polar surface area (TPSA) is 83.8 Å². The van der Waals surface area contributed by atoms with Crippen LogP contribution in [0, 0.1) is 13.8 Å². The minimum Gasteiger partial charge on any atom is -0.497 e. The van der Waals surface area contributed by atoms with E-state index < -0.39 is 18.0 Å². The van der Waals surface area contributed by atoms with Crippen molar-refractivity contribution in [2.45, 2.75) is 25.9 Å². The maximum atomic E-state index is 13.2. The Hall–Kier alpha value is -3.42. The van der Waals surface area contributed by atoms with Crippen molar-refractivity contribution < 1.29 is 19.1 Å². The third-order valence-electron chi connectivity index (χ3n) is 5.13. The number of amides is 2. The van der Waals surface area contributed by atoms with Crippen LogP contribution in [0.25, 0.3) is 0 Å². The zero-order chi connectivity index (χ0) is 20.0. The molecule has 0 saturated carbocycles.